The maximum Gasteiger partial charge on any atom is 0.267 e. The molecule has 3 N–H and O–H groups in total. The Bertz CT molecular complexity index is 793. The Morgan fingerprint density at radius 2 is 1.76 bits per heavy atom. The summed E-state index contributed by atoms with van der Waals surface area (Å²) in [7, 11) is 0. The number of nitrogens with one attached hydrogen (secondary N) is 1. The van der Waals surface area contributed by atoms with E-state index in [1.165, 1.54) is 55.0 Å². The first-order valence-electron chi connectivity index (χ1n) is 8.69. The van der Waals surface area contributed by atoms with Gasteiger partial charge in [-0.25, -0.2) is 4.39 Å². The van der Waals surface area contributed by atoms with Crippen molar-refractivity contribution in [2.45, 2.75) is 44.2 Å². The molecule has 1 atom stereocenters. The van der Waals surface area contributed by atoms with Gasteiger partial charge in [0.2, 0.25) is 5.91 Å². The standard InChI is InChI=1S/C18H19FN4O2/c19-10-1-3-11(4-2-10)23-13(14(20)24)9-12(22-23)15(25)21-16-17(5-6-17)18(16)7-8-18/h1-4,13,16H,5-9H2,(H2,20,24)(H,21,25). The van der Waals surface area contributed by atoms with Crippen LogP contribution < -0.4 is 16.1 Å². The van der Waals surface area contributed by atoms with E-state index >= 15 is 0 Å². The predicted octanol–water partition coefficient (Wildman–Crippen LogP) is 1.30. The average Bonchev–Trinajstić information content (AvgIpc) is 3.52. The smallest absolute Gasteiger partial charge is 0.267 e. The Morgan fingerprint density at radius 3 is 2.28 bits per heavy atom. The highest BCUT2D eigenvalue weighted by Crippen LogP contribution is 2.88. The summed E-state index contributed by atoms with van der Waals surface area (Å²) >= 11 is 0. The van der Waals surface area contributed by atoms with E-state index in [9.17, 15) is 14.0 Å². The molecule has 0 aromatic heterocycles. The average molecular weight is 342 g/mol. The molecule has 3 fully saturated rings. The molecule has 25 heavy (non-hydrogen) atoms. The first-order valence-corrected chi connectivity index (χ1v) is 8.69. The van der Waals surface area contributed by atoms with Crippen molar-refractivity contribution in [2.75, 3.05) is 5.01 Å². The van der Waals surface area contributed by atoms with Crippen LogP contribution in [0, 0.1) is 16.6 Å². The lowest BCUT2D eigenvalue weighted by Gasteiger charge is -2.20. The second-order valence-electron chi connectivity index (χ2n) is 7.71. The molecule has 0 radical (unpaired) electrons. The minimum atomic E-state index is -0.727. The molecule has 2 spiro atoms. The molecule has 6 nitrogen and oxygen atoms in total. The third-order valence-corrected chi connectivity index (χ3v) is 6.46. The zero-order valence-electron chi connectivity index (χ0n) is 13.7. The molecule has 4 aliphatic rings. The molecule has 7 heteroatoms. The van der Waals surface area contributed by atoms with E-state index in [-0.39, 0.29) is 24.2 Å². The van der Waals surface area contributed by atoms with Gasteiger partial charge in [0, 0.05) is 12.5 Å². The molecular weight excluding hydrogens is 323 g/mol. The number of fused-ring (bicyclic) bond motifs is 1. The van der Waals surface area contributed by atoms with Gasteiger partial charge in [-0.3, -0.25) is 14.6 Å². The molecule has 3 aliphatic carbocycles. The Morgan fingerprint density at radius 1 is 1.16 bits per heavy atom. The lowest BCUT2D eigenvalue weighted by Crippen LogP contribution is -2.40. The van der Waals surface area contributed by atoms with Crippen molar-refractivity contribution in [3.8, 4) is 0 Å². The fraction of sp³-hybridized carbons (Fsp3) is 0.500. The van der Waals surface area contributed by atoms with Crippen LogP contribution in [0.5, 0.6) is 0 Å². The summed E-state index contributed by atoms with van der Waals surface area (Å²) in [6.45, 7) is 0. The number of hydrogen-bond donors (Lipinski definition) is 2. The van der Waals surface area contributed by atoms with Crippen molar-refractivity contribution in [1.82, 2.24) is 5.32 Å². The van der Waals surface area contributed by atoms with E-state index in [1.807, 2.05) is 0 Å². The summed E-state index contributed by atoms with van der Waals surface area (Å²) in [4.78, 5) is 24.4. The Balaban J connectivity index is 1.36. The third-order valence-electron chi connectivity index (χ3n) is 6.46. The van der Waals surface area contributed by atoms with Gasteiger partial charge in [0.15, 0.2) is 0 Å². The summed E-state index contributed by atoms with van der Waals surface area (Å²) in [5.41, 5.74) is 7.05. The number of anilines is 1. The second-order valence-corrected chi connectivity index (χ2v) is 7.71. The number of amides is 2. The normalized spacial score (nSPS) is 27.3. The number of hydrogen-bond acceptors (Lipinski definition) is 4. The minimum Gasteiger partial charge on any atom is -0.368 e. The molecule has 2 amide bonds. The third kappa shape index (κ3) is 1.98. The van der Waals surface area contributed by atoms with Crippen LogP contribution in [0.2, 0.25) is 0 Å². The number of rotatable bonds is 4. The highest BCUT2D eigenvalue weighted by molar-refractivity contribution is 6.40. The van der Waals surface area contributed by atoms with E-state index in [2.05, 4.69) is 10.4 Å². The van der Waals surface area contributed by atoms with Crippen LogP contribution in [0.4, 0.5) is 10.1 Å². The van der Waals surface area contributed by atoms with E-state index in [0.717, 1.165) is 0 Å². The lowest BCUT2D eigenvalue weighted by molar-refractivity contribution is -0.119. The van der Waals surface area contributed by atoms with Gasteiger partial charge in [-0.1, -0.05) is 0 Å². The number of carbonyl (C=O) groups excluding carboxylic acids is 2. The second kappa shape index (κ2) is 4.59. The fourth-order valence-electron chi connectivity index (χ4n) is 4.77. The Hall–Kier alpha value is -2.44. The zero-order valence-corrected chi connectivity index (χ0v) is 13.7. The number of primary amides is 1. The lowest BCUT2D eigenvalue weighted by atomic mass is 10.1. The number of nitrogens with two attached hydrogens (primary N) is 1. The van der Waals surface area contributed by atoms with Crippen LogP contribution in [-0.2, 0) is 9.59 Å². The number of halogens is 1. The first-order chi connectivity index (χ1) is 12.0. The number of benzene rings is 1. The number of carbonyl (C=O) groups is 2. The van der Waals surface area contributed by atoms with Gasteiger partial charge in [-0.2, -0.15) is 5.10 Å². The summed E-state index contributed by atoms with van der Waals surface area (Å²) < 4.78 is 13.1. The minimum absolute atomic E-state index is 0.172. The fourth-order valence-corrected chi connectivity index (χ4v) is 4.77. The van der Waals surface area contributed by atoms with Gasteiger partial charge < -0.3 is 11.1 Å². The van der Waals surface area contributed by atoms with Gasteiger partial charge in [0.1, 0.15) is 17.6 Å². The molecule has 1 heterocycles. The van der Waals surface area contributed by atoms with Gasteiger partial charge in [0.25, 0.3) is 5.91 Å². The molecule has 130 valence electrons. The topological polar surface area (TPSA) is 87.8 Å². The monoisotopic (exact) mass is 342 g/mol. The summed E-state index contributed by atoms with van der Waals surface area (Å²) in [6, 6.07) is 5.17. The number of nitrogens with zero attached hydrogens (tertiary/aromatic N) is 2. The van der Waals surface area contributed by atoms with Crippen molar-refractivity contribution in [2.24, 2.45) is 21.7 Å². The summed E-state index contributed by atoms with van der Waals surface area (Å²) in [5.74, 6) is -1.14. The van der Waals surface area contributed by atoms with Crippen LogP contribution in [0.15, 0.2) is 29.4 Å². The van der Waals surface area contributed by atoms with Crippen molar-refractivity contribution < 1.29 is 14.0 Å². The molecule has 1 aromatic rings. The Labute approximate surface area is 144 Å². The Kier molecular flexibility index (Phi) is 2.73. The highest BCUT2D eigenvalue weighted by atomic mass is 19.1. The maximum atomic E-state index is 13.1. The maximum absolute atomic E-state index is 13.1. The molecule has 5 rings (SSSR count). The SMILES string of the molecule is NC(=O)C1CC(C(=O)NC2C3(CC3)C23CC3)=NN1c1ccc(F)cc1. The molecule has 0 saturated heterocycles. The molecule has 3 saturated carbocycles. The molecule has 1 aliphatic heterocycles. The van der Waals surface area contributed by atoms with Gasteiger partial charge in [0.05, 0.1) is 5.69 Å². The quantitative estimate of drug-likeness (QED) is 0.865. The summed E-state index contributed by atoms with van der Waals surface area (Å²) in [5, 5.41) is 8.88. The molecule has 1 aromatic carbocycles. The van der Waals surface area contributed by atoms with Crippen LogP contribution >= 0.6 is 0 Å². The van der Waals surface area contributed by atoms with E-state index in [0.29, 0.717) is 22.2 Å². The van der Waals surface area contributed by atoms with E-state index in [4.69, 9.17) is 5.73 Å². The van der Waals surface area contributed by atoms with Crippen molar-refractivity contribution in [3.05, 3.63) is 30.1 Å². The first kappa shape index (κ1) is 14.9. The molecular formula is C18H19FN4O2. The van der Waals surface area contributed by atoms with Gasteiger partial charge in [-0.15, -0.1) is 0 Å². The van der Waals surface area contributed by atoms with Crippen molar-refractivity contribution in [1.29, 1.82) is 0 Å². The predicted molar refractivity (Wildman–Crippen MR) is 89.2 cm³/mol. The molecule has 0 bridgehead atoms. The highest BCUT2D eigenvalue weighted by Gasteiger charge is 2.87. The van der Waals surface area contributed by atoms with Crippen molar-refractivity contribution >= 4 is 23.2 Å². The number of hydrazone groups is 1. The van der Waals surface area contributed by atoms with Crippen LogP contribution in [0.25, 0.3) is 0 Å². The largest absolute Gasteiger partial charge is 0.368 e. The van der Waals surface area contributed by atoms with E-state index in [1.54, 1.807) is 0 Å². The van der Waals surface area contributed by atoms with Gasteiger partial charge in [-0.05, 0) is 60.8 Å². The van der Waals surface area contributed by atoms with Crippen molar-refractivity contribution in [3.63, 3.8) is 0 Å². The summed E-state index contributed by atoms with van der Waals surface area (Å²) in [6.07, 6.45) is 4.99. The van der Waals surface area contributed by atoms with E-state index < -0.39 is 11.9 Å². The van der Waals surface area contributed by atoms with Crippen LogP contribution in [0.1, 0.15) is 32.1 Å². The zero-order chi connectivity index (χ0) is 17.4. The van der Waals surface area contributed by atoms with Gasteiger partial charge >= 0.3 is 0 Å². The van der Waals surface area contributed by atoms with Crippen LogP contribution in [0.3, 0.4) is 0 Å². The molecule has 1 unspecified atom stereocenters. The van der Waals surface area contributed by atoms with Crippen LogP contribution in [-0.4, -0.2) is 29.6 Å².